The van der Waals surface area contributed by atoms with Gasteiger partial charge in [0.05, 0.1) is 5.02 Å². The number of halogens is 3. The van der Waals surface area contributed by atoms with Gasteiger partial charge in [-0.2, -0.15) is 0 Å². The summed E-state index contributed by atoms with van der Waals surface area (Å²) in [6.45, 7) is 0.297. The van der Waals surface area contributed by atoms with Crippen LogP contribution in [0.4, 0.5) is 4.39 Å². The summed E-state index contributed by atoms with van der Waals surface area (Å²) in [5.41, 5.74) is 6.63. The summed E-state index contributed by atoms with van der Waals surface area (Å²) in [6, 6.07) is 12.0. The second-order valence-corrected chi connectivity index (χ2v) is 5.29. The van der Waals surface area contributed by atoms with Crippen molar-refractivity contribution in [3.63, 3.8) is 0 Å². The topological polar surface area (TPSA) is 35.2 Å². The first-order valence-electron chi connectivity index (χ1n) is 5.67. The van der Waals surface area contributed by atoms with Crippen molar-refractivity contribution >= 4 is 27.5 Å². The third kappa shape index (κ3) is 3.69. The number of hydrogen-bond acceptors (Lipinski definition) is 2. The molecule has 0 heterocycles. The van der Waals surface area contributed by atoms with Gasteiger partial charge in [-0.3, -0.25) is 0 Å². The number of ether oxygens (including phenoxy) is 1. The van der Waals surface area contributed by atoms with Crippen molar-refractivity contribution in [1.29, 1.82) is 0 Å². The van der Waals surface area contributed by atoms with Crippen molar-refractivity contribution in [2.75, 3.05) is 6.54 Å². The van der Waals surface area contributed by atoms with Crippen LogP contribution in [0.5, 0.6) is 5.75 Å². The fourth-order valence-electron chi connectivity index (χ4n) is 1.64. The average Bonchev–Trinajstić information content (AvgIpc) is 2.41. The Morgan fingerprint density at radius 1 is 1.21 bits per heavy atom. The Bertz CT molecular complexity index is 562. The molecule has 2 rings (SSSR count). The highest BCUT2D eigenvalue weighted by molar-refractivity contribution is 9.10. The average molecular weight is 345 g/mol. The van der Waals surface area contributed by atoms with E-state index >= 15 is 0 Å². The second-order valence-electron chi connectivity index (χ2n) is 3.97. The van der Waals surface area contributed by atoms with E-state index < -0.39 is 5.82 Å². The van der Waals surface area contributed by atoms with E-state index in [2.05, 4.69) is 15.9 Å². The molecule has 19 heavy (non-hydrogen) atoms. The van der Waals surface area contributed by atoms with Crippen LogP contribution < -0.4 is 10.5 Å². The number of hydrogen-bond donors (Lipinski definition) is 1. The molecule has 1 unspecified atom stereocenters. The molecule has 0 bridgehead atoms. The van der Waals surface area contributed by atoms with Gasteiger partial charge in [0.2, 0.25) is 0 Å². The minimum atomic E-state index is -0.509. The maximum Gasteiger partial charge on any atom is 0.145 e. The third-order valence-corrected chi connectivity index (χ3v) is 3.46. The first-order valence-corrected chi connectivity index (χ1v) is 6.84. The monoisotopic (exact) mass is 343 g/mol. The zero-order valence-electron chi connectivity index (χ0n) is 9.95. The molecule has 2 aromatic carbocycles. The lowest BCUT2D eigenvalue weighted by molar-refractivity contribution is 0.213. The maximum atomic E-state index is 13.3. The molecule has 0 radical (unpaired) electrons. The maximum absolute atomic E-state index is 13.3. The van der Waals surface area contributed by atoms with Crippen molar-refractivity contribution in [2.24, 2.45) is 5.73 Å². The molecule has 0 saturated heterocycles. The van der Waals surface area contributed by atoms with E-state index in [1.165, 1.54) is 12.1 Å². The molecule has 0 fully saturated rings. The molecule has 5 heteroatoms. The van der Waals surface area contributed by atoms with Crippen molar-refractivity contribution < 1.29 is 9.13 Å². The van der Waals surface area contributed by atoms with Gasteiger partial charge < -0.3 is 10.5 Å². The van der Waals surface area contributed by atoms with Crippen molar-refractivity contribution in [3.05, 3.63) is 63.3 Å². The van der Waals surface area contributed by atoms with E-state index in [-0.39, 0.29) is 11.1 Å². The smallest absolute Gasteiger partial charge is 0.145 e. The molecule has 1 atom stereocenters. The van der Waals surface area contributed by atoms with E-state index in [1.54, 1.807) is 6.07 Å². The third-order valence-electron chi connectivity index (χ3n) is 2.63. The molecule has 0 aromatic heterocycles. The van der Waals surface area contributed by atoms with Crippen LogP contribution in [0, 0.1) is 5.82 Å². The molecule has 2 aromatic rings. The standard InChI is InChI=1S/C14H12BrClFNO/c15-10-3-1-9(2-4-10)14(8-18)19-11-5-6-12(16)13(17)7-11/h1-7,14H,8,18H2. The van der Waals surface area contributed by atoms with E-state index in [4.69, 9.17) is 22.1 Å². The summed E-state index contributed by atoms with van der Waals surface area (Å²) < 4.78 is 20.0. The highest BCUT2D eigenvalue weighted by Crippen LogP contribution is 2.26. The van der Waals surface area contributed by atoms with Gasteiger partial charge in [0.25, 0.3) is 0 Å². The summed E-state index contributed by atoms with van der Waals surface area (Å²) in [4.78, 5) is 0. The molecule has 0 aliphatic rings. The minimum absolute atomic E-state index is 0.0697. The Labute approximate surface area is 124 Å². The van der Waals surface area contributed by atoms with Gasteiger partial charge in [-0.1, -0.05) is 39.7 Å². The second kappa shape index (κ2) is 6.37. The Balaban J connectivity index is 2.18. The first-order chi connectivity index (χ1) is 9.10. The van der Waals surface area contributed by atoms with Gasteiger partial charge in [0, 0.05) is 17.1 Å². The number of benzene rings is 2. The van der Waals surface area contributed by atoms with Crippen LogP contribution in [0.3, 0.4) is 0 Å². The quantitative estimate of drug-likeness (QED) is 0.896. The predicted molar refractivity (Wildman–Crippen MR) is 78.0 cm³/mol. The summed E-state index contributed by atoms with van der Waals surface area (Å²) in [6.07, 6.45) is -0.325. The molecular formula is C14H12BrClFNO. The van der Waals surface area contributed by atoms with Gasteiger partial charge in [-0.15, -0.1) is 0 Å². The molecular weight excluding hydrogens is 333 g/mol. The van der Waals surface area contributed by atoms with Crippen LogP contribution >= 0.6 is 27.5 Å². The van der Waals surface area contributed by atoms with E-state index in [9.17, 15) is 4.39 Å². The molecule has 0 amide bonds. The summed E-state index contributed by atoms with van der Waals surface area (Å²) in [5, 5.41) is 0.0697. The van der Waals surface area contributed by atoms with Crippen LogP contribution in [-0.2, 0) is 0 Å². The van der Waals surface area contributed by atoms with Gasteiger partial charge >= 0.3 is 0 Å². The Morgan fingerprint density at radius 2 is 1.89 bits per heavy atom. The molecule has 2 N–H and O–H groups in total. The van der Waals surface area contributed by atoms with Gasteiger partial charge in [0.15, 0.2) is 0 Å². The molecule has 0 aliphatic carbocycles. The Kier molecular flexibility index (Phi) is 4.80. The first kappa shape index (κ1) is 14.3. The van der Waals surface area contributed by atoms with Gasteiger partial charge in [-0.05, 0) is 29.8 Å². The van der Waals surface area contributed by atoms with Crippen LogP contribution in [-0.4, -0.2) is 6.54 Å². The number of nitrogens with two attached hydrogens (primary N) is 1. The normalized spacial score (nSPS) is 12.2. The highest BCUT2D eigenvalue weighted by Gasteiger charge is 2.12. The van der Waals surface area contributed by atoms with Gasteiger partial charge in [-0.25, -0.2) is 4.39 Å². The van der Waals surface area contributed by atoms with Crippen LogP contribution in [0.25, 0.3) is 0 Å². The van der Waals surface area contributed by atoms with Crippen LogP contribution in [0.2, 0.25) is 5.02 Å². The van der Waals surface area contributed by atoms with Crippen LogP contribution in [0.1, 0.15) is 11.7 Å². The van der Waals surface area contributed by atoms with Crippen molar-refractivity contribution in [2.45, 2.75) is 6.10 Å². The van der Waals surface area contributed by atoms with Crippen molar-refractivity contribution in [3.8, 4) is 5.75 Å². The molecule has 0 saturated carbocycles. The molecule has 100 valence electrons. The molecule has 2 nitrogen and oxygen atoms in total. The van der Waals surface area contributed by atoms with Gasteiger partial charge in [0.1, 0.15) is 17.7 Å². The minimum Gasteiger partial charge on any atom is -0.484 e. The summed E-state index contributed by atoms with van der Waals surface area (Å²) in [7, 11) is 0. The van der Waals surface area contributed by atoms with E-state index in [1.807, 2.05) is 24.3 Å². The predicted octanol–water partition coefficient (Wildman–Crippen LogP) is 4.32. The summed E-state index contributed by atoms with van der Waals surface area (Å²) in [5.74, 6) is -0.106. The fourth-order valence-corrected chi connectivity index (χ4v) is 2.03. The Hall–Kier alpha value is -1.10. The molecule has 0 aliphatic heterocycles. The largest absolute Gasteiger partial charge is 0.484 e. The van der Waals surface area contributed by atoms with E-state index in [0.29, 0.717) is 12.3 Å². The fraction of sp³-hybridized carbons (Fsp3) is 0.143. The summed E-state index contributed by atoms with van der Waals surface area (Å²) >= 11 is 8.99. The lowest BCUT2D eigenvalue weighted by Crippen LogP contribution is -2.18. The lowest BCUT2D eigenvalue weighted by atomic mass is 10.1. The van der Waals surface area contributed by atoms with E-state index in [0.717, 1.165) is 10.0 Å². The number of rotatable bonds is 4. The lowest BCUT2D eigenvalue weighted by Gasteiger charge is -2.18. The van der Waals surface area contributed by atoms with Crippen molar-refractivity contribution in [1.82, 2.24) is 0 Å². The zero-order chi connectivity index (χ0) is 13.8. The zero-order valence-corrected chi connectivity index (χ0v) is 12.3. The highest BCUT2D eigenvalue weighted by atomic mass is 79.9. The Morgan fingerprint density at radius 3 is 2.47 bits per heavy atom. The molecule has 0 spiro atoms. The SMILES string of the molecule is NCC(Oc1ccc(Cl)c(F)c1)c1ccc(Br)cc1. The van der Waals surface area contributed by atoms with Crippen LogP contribution in [0.15, 0.2) is 46.9 Å².